The Morgan fingerprint density at radius 1 is 0.688 bits per heavy atom. The molecule has 2 aromatic carbocycles. The summed E-state index contributed by atoms with van der Waals surface area (Å²) in [6, 6.07) is 24.0. The summed E-state index contributed by atoms with van der Waals surface area (Å²) in [7, 11) is 0. The van der Waals surface area contributed by atoms with Crippen molar-refractivity contribution < 1.29 is 29.3 Å². The molecule has 48 heavy (non-hydrogen) atoms. The summed E-state index contributed by atoms with van der Waals surface area (Å²) in [5, 5.41) is 24.1. The molecule has 0 amide bonds. The first-order valence-corrected chi connectivity index (χ1v) is 18.1. The maximum atomic E-state index is 13.0. The number of esters is 2. The van der Waals surface area contributed by atoms with E-state index in [1.54, 1.807) is 0 Å². The lowest BCUT2D eigenvalue weighted by Gasteiger charge is -2.47. The molecule has 6 nitrogen and oxygen atoms in total. The number of rotatable bonds is 0. The van der Waals surface area contributed by atoms with Crippen molar-refractivity contribution in [1.82, 2.24) is 0 Å². The van der Waals surface area contributed by atoms with Gasteiger partial charge in [-0.15, -0.1) is 0 Å². The lowest BCUT2D eigenvalue weighted by atomic mass is 9.58. The fraction of sp³-hybridized carbons (Fsp3) is 0.571. The SMILES string of the molecule is CC1=C[C@@H]2[C@H]3[C@H](C(C)=C4[C@H]5OC(=O)[C@@H](C)[C@@H]5CC[C@](C)(O)[C@@H]43)[C@@]13[C@@H]2[C@@](C)(O)CC[C@H]1[C@H](C)C(=O)O[C@@H]13.c1ccccc1.c1ccccc1. The molecule has 0 unspecified atom stereocenters. The van der Waals surface area contributed by atoms with Crippen molar-refractivity contribution in [2.75, 3.05) is 0 Å². The predicted octanol–water partition coefficient (Wildman–Crippen LogP) is 7.18. The van der Waals surface area contributed by atoms with Crippen LogP contribution in [0.25, 0.3) is 0 Å². The van der Waals surface area contributed by atoms with Crippen LogP contribution in [-0.4, -0.2) is 45.6 Å². The smallest absolute Gasteiger partial charge is 0.309 e. The Morgan fingerprint density at radius 3 is 1.73 bits per heavy atom. The van der Waals surface area contributed by atoms with Gasteiger partial charge in [-0.2, -0.15) is 0 Å². The van der Waals surface area contributed by atoms with Crippen LogP contribution in [0.15, 0.2) is 95.6 Å². The first kappa shape index (κ1) is 33.3. The Balaban J connectivity index is 0.000000256. The molecule has 9 rings (SSSR count). The summed E-state index contributed by atoms with van der Waals surface area (Å²) >= 11 is 0. The Labute approximate surface area is 285 Å². The predicted molar refractivity (Wildman–Crippen MR) is 184 cm³/mol. The van der Waals surface area contributed by atoms with Crippen molar-refractivity contribution >= 4 is 11.9 Å². The topological polar surface area (TPSA) is 93.1 Å². The molecule has 2 aliphatic heterocycles. The molecule has 0 radical (unpaired) electrons. The van der Waals surface area contributed by atoms with Crippen LogP contribution >= 0.6 is 0 Å². The number of aliphatic hydroxyl groups is 2. The number of hydrogen-bond donors (Lipinski definition) is 2. The molecular weight excluding hydrogens is 600 g/mol. The lowest BCUT2D eigenvalue weighted by Crippen LogP contribution is -2.51. The minimum absolute atomic E-state index is 0.0486. The standard InChI is InChI=1S/C30H40O6.2C6H6/c1-12-11-18-20-21(30(12)24(18)29(6,34)10-8-17-14(3)27(32)36-25(17)30)15(4)19-22(20)28(5,33)9-7-16-13(2)26(31)35-23(16)19;2*1-2-4-6-5-3-1/h11,13-14,16-18,20-25,33-34H,7-10H2,1-6H3;2*1-6H/t13-,14-,16-,17-,18+,20-,21-,22-,23-,24-,25-,28-,29-,30+;;/m0../s1. The monoisotopic (exact) mass is 652 g/mol. The number of ether oxygens (including phenoxy) is 2. The van der Waals surface area contributed by atoms with E-state index in [1.807, 2.05) is 100 Å². The van der Waals surface area contributed by atoms with Crippen LogP contribution in [0.2, 0.25) is 0 Å². The van der Waals surface area contributed by atoms with E-state index in [4.69, 9.17) is 9.47 Å². The molecule has 5 fully saturated rings. The highest BCUT2D eigenvalue weighted by Gasteiger charge is 2.78. The number of carbonyl (C=O) groups is 2. The number of fused-ring (bicyclic) bond motifs is 7. The maximum absolute atomic E-state index is 13.0. The van der Waals surface area contributed by atoms with E-state index in [0.717, 1.165) is 18.4 Å². The first-order chi connectivity index (χ1) is 22.8. The average molecular weight is 653 g/mol. The highest BCUT2D eigenvalue weighted by atomic mass is 16.6. The molecular formula is C42H52O6. The highest BCUT2D eigenvalue weighted by Crippen LogP contribution is 2.78. The van der Waals surface area contributed by atoms with Crippen LogP contribution in [-0.2, 0) is 19.1 Å². The van der Waals surface area contributed by atoms with Gasteiger partial charge in [-0.1, -0.05) is 104 Å². The summed E-state index contributed by atoms with van der Waals surface area (Å²) < 4.78 is 12.4. The van der Waals surface area contributed by atoms with E-state index in [2.05, 4.69) is 19.9 Å². The fourth-order valence-corrected chi connectivity index (χ4v) is 11.8. The third-order valence-corrected chi connectivity index (χ3v) is 13.7. The second-order valence-electron chi connectivity index (χ2n) is 16.2. The molecule has 5 aliphatic carbocycles. The summed E-state index contributed by atoms with van der Waals surface area (Å²) in [5.74, 6) is -0.460. The third-order valence-electron chi connectivity index (χ3n) is 13.7. The largest absolute Gasteiger partial charge is 0.461 e. The Hall–Kier alpha value is -3.22. The van der Waals surface area contributed by atoms with Gasteiger partial charge < -0.3 is 19.7 Å². The van der Waals surface area contributed by atoms with E-state index in [9.17, 15) is 19.8 Å². The van der Waals surface area contributed by atoms with Gasteiger partial charge in [0.2, 0.25) is 0 Å². The van der Waals surface area contributed by atoms with Gasteiger partial charge in [0.25, 0.3) is 0 Å². The zero-order valence-corrected chi connectivity index (χ0v) is 29.2. The zero-order valence-electron chi connectivity index (χ0n) is 29.2. The highest BCUT2D eigenvalue weighted by molar-refractivity contribution is 5.76. The van der Waals surface area contributed by atoms with Crippen molar-refractivity contribution in [3.05, 3.63) is 95.6 Å². The lowest BCUT2D eigenvalue weighted by molar-refractivity contribution is -0.153. The molecule has 2 bridgehead atoms. The molecule has 2 aromatic rings. The summed E-state index contributed by atoms with van der Waals surface area (Å²) in [6.07, 6.45) is 4.59. The molecule has 2 heterocycles. The maximum Gasteiger partial charge on any atom is 0.309 e. The van der Waals surface area contributed by atoms with Crippen LogP contribution in [0.4, 0.5) is 0 Å². The molecule has 2 saturated heterocycles. The van der Waals surface area contributed by atoms with Gasteiger partial charge in [0, 0.05) is 29.1 Å². The second-order valence-corrected chi connectivity index (χ2v) is 16.2. The van der Waals surface area contributed by atoms with Crippen LogP contribution in [0.1, 0.15) is 67.2 Å². The molecule has 14 atom stereocenters. The van der Waals surface area contributed by atoms with Gasteiger partial charge >= 0.3 is 11.9 Å². The molecule has 6 heteroatoms. The Kier molecular flexibility index (Phi) is 8.31. The van der Waals surface area contributed by atoms with E-state index in [-0.39, 0.29) is 77.4 Å². The second kappa shape index (κ2) is 12.0. The molecule has 0 spiro atoms. The fourth-order valence-electron chi connectivity index (χ4n) is 11.8. The minimum atomic E-state index is -0.931. The van der Waals surface area contributed by atoms with Crippen molar-refractivity contribution in [2.45, 2.75) is 90.6 Å². The molecule has 3 saturated carbocycles. The van der Waals surface area contributed by atoms with Gasteiger partial charge in [0.15, 0.2) is 0 Å². The van der Waals surface area contributed by atoms with E-state index in [0.29, 0.717) is 12.8 Å². The number of benzene rings is 2. The average Bonchev–Trinajstić information content (AvgIpc) is 3.78. The van der Waals surface area contributed by atoms with Gasteiger partial charge in [-0.05, 0) is 76.7 Å². The van der Waals surface area contributed by atoms with Crippen LogP contribution in [0.5, 0.6) is 0 Å². The number of allylic oxidation sites excluding steroid dienone is 2. The molecule has 7 aliphatic rings. The Bertz CT molecular complexity index is 1510. The third kappa shape index (κ3) is 4.80. The van der Waals surface area contributed by atoms with Gasteiger partial charge in [-0.3, -0.25) is 9.59 Å². The number of hydrogen-bond acceptors (Lipinski definition) is 6. The van der Waals surface area contributed by atoms with Gasteiger partial charge in [0.05, 0.1) is 23.0 Å². The molecule has 2 N–H and O–H groups in total. The van der Waals surface area contributed by atoms with Crippen LogP contribution in [0, 0.1) is 58.7 Å². The van der Waals surface area contributed by atoms with Crippen LogP contribution < -0.4 is 0 Å². The zero-order chi connectivity index (χ0) is 34.2. The summed E-state index contributed by atoms with van der Waals surface area (Å²) in [4.78, 5) is 25.7. The molecule has 0 aromatic heterocycles. The molecule has 256 valence electrons. The minimum Gasteiger partial charge on any atom is -0.461 e. The number of carbonyl (C=O) groups excluding carboxylic acids is 2. The van der Waals surface area contributed by atoms with E-state index >= 15 is 0 Å². The normalized spacial score (nSPS) is 46.1. The first-order valence-electron chi connectivity index (χ1n) is 18.1. The van der Waals surface area contributed by atoms with Crippen molar-refractivity contribution in [1.29, 1.82) is 0 Å². The summed E-state index contributed by atoms with van der Waals surface area (Å²) in [5.41, 5.74) is 1.23. The van der Waals surface area contributed by atoms with Crippen molar-refractivity contribution in [2.24, 2.45) is 58.7 Å². The van der Waals surface area contributed by atoms with Gasteiger partial charge in [-0.25, -0.2) is 0 Å². The summed E-state index contributed by atoms with van der Waals surface area (Å²) in [6.45, 7) is 12.2. The van der Waals surface area contributed by atoms with E-state index in [1.165, 1.54) is 11.1 Å². The quantitative estimate of drug-likeness (QED) is 0.232. The van der Waals surface area contributed by atoms with Crippen molar-refractivity contribution in [3.63, 3.8) is 0 Å². The van der Waals surface area contributed by atoms with Crippen LogP contribution in [0.3, 0.4) is 0 Å². The van der Waals surface area contributed by atoms with Gasteiger partial charge in [0.1, 0.15) is 12.2 Å². The Morgan fingerprint density at radius 2 is 1.17 bits per heavy atom. The van der Waals surface area contributed by atoms with Crippen molar-refractivity contribution in [3.8, 4) is 0 Å². The van der Waals surface area contributed by atoms with E-state index < -0.39 is 16.6 Å².